The van der Waals surface area contributed by atoms with Gasteiger partial charge < -0.3 is 16.0 Å². The molecule has 1 aromatic carbocycles. The van der Waals surface area contributed by atoms with E-state index in [-0.39, 0.29) is 23.5 Å². The van der Waals surface area contributed by atoms with Gasteiger partial charge in [-0.3, -0.25) is 14.8 Å². The van der Waals surface area contributed by atoms with Crippen molar-refractivity contribution in [3.8, 4) is 0 Å². The van der Waals surface area contributed by atoms with Crippen LogP contribution in [0.25, 0.3) is 0 Å². The normalized spacial score (nSPS) is 12.2. The molecular weight excluding hydrogens is 342 g/mol. The number of urea groups is 1. The average molecular weight is 369 g/mol. The molecule has 0 aliphatic rings. The third kappa shape index (κ3) is 6.36. The molecule has 7 heteroatoms. The molecule has 2 aromatic rings. The maximum atomic E-state index is 12.4. The molecule has 1 heterocycles. The van der Waals surface area contributed by atoms with Crippen molar-refractivity contribution >= 4 is 17.6 Å². The van der Waals surface area contributed by atoms with Gasteiger partial charge in [0, 0.05) is 47.8 Å². The van der Waals surface area contributed by atoms with Gasteiger partial charge >= 0.3 is 6.03 Å². The molecule has 0 saturated heterocycles. The summed E-state index contributed by atoms with van der Waals surface area (Å²) in [5, 5.41) is 8.63. The lowest BCUT2D eigenvalue weighted by atomic mass is 10.0. The lowest BCUT2D eigenvalue weighted by Gasteiger charge is -2.22. The first-order chi connectivity index (χ1) is 12.7. The van der Waals surface area contributed by atoms with Gasteiger partial charge in [0.05, 0.1) is 5.69 Å². The lowest BCUT2D eigenvalue weighted by molar-refractivity contribution is 0.0919. The number of carbonyl (C=O) groups excluding carboxylic acids is 2. The summed E-state index contributed by atoms with van der Waals surface area (Å²) in [5.74, 6) is -0.167. The van der Waals surface area contributed by atoms with Gasteiger partial charge in [-0.25, -0.2) is 4.79 Å². The van der Waals surface area contributed by atoms with Crippen LogP contribution in [-0.4, -0.2) is 33.5 Å². The number of nitrogens with one attached hydrogen (secondary N) is 3. The number of rotatable bonds is 5. The second kappa shape index (κ2) is 8.62. The summed E-state index contributed by atoms with van der Waals surface area (Å²) in [7, 11) is 0. The van der Waals surface area contributed by atoms with Crippen LogP contribution in [0.5, 0.6) is 0 Å². The summed E-state index contributed by atoms with van der Waals surface area (Å²) < 4.78 is 0. The lowest BCUT2D eigenvalue weighted by Crippen LogP contribution is -2.41. The fourth-order valence-electron chi connectivity index (χ4n) is 2.61. The van der Waals surface area contributed by atoms with Gasteiger partial charge in [0.1, 0.15) is 0 Å². The highest BCUT2D eigenvalue weighted by molar-refractivity contribution is 5.99. The number of nitrogens with zero attached hydrogens (tertiary/aromatic N) is 2. The van der Waals surface area contributed by atoms with E-state index in [1.54, 1.807) is 36.8 Å². The van der Waals surface area contributed by atoms with Crippen LogP contribution in [0.4, 0.5) is 10.5 Å². The second-order valence-electron chi connectivity index (χ2n) is 7.58. The largest absolute Gasteiger partial charge is 0.347 e. The first-order valence-corrected chi connectivity index (χ1v) is 8.90. The Labute approximate surface area is 160 Å². The molecule has 27 heavy (non-hydrogen) atoms. The van der Waals surface area contributed by atoms with Gasteiger partial charge in [-0.15, -0.1) is 0 Å². The molecule has 3 N–H and O–H groups in total. The van der Waals surface area contributed by atoms with E-state index in [0.717, 1.165) is 11.3 Å². The summed E-state index contributed by atoms with van der Waals surface area (Å²) >= 11 is 0. The summed E-state index contributed by atoms with van der Waals surface area (Å²) in [6.07, 6.45) is 5.49. The fourth-order valence-corrected chi connectivity index (χ4v) is 2.61. The fraction of sp³-hybridized carbons (Fsp3) is 0.400. The van der Waals surface area contributed by atoms with Gasteiger partial charge in [-0.05, 0) is 52.3 Å². The Morgan fingerprint density at radius 2 is 1.93 bits per heavy atom. The predicted octanol–water partition coefficient (Wildman–Crippen LogP) is 3.07. The Balaban J connectivity index is 2.01. The quantitative estimate of drug-likeness (QED) is 0.755. The van der Waals surface area contributed by atoms with Crippen LogP contribution in [0.3, 0.4) is 0 Å². The van der Waals surface area contributed by atoms with Crippen molar-refractivity contribution in [1.82, 2.24) is 20.6 Å². The Kier molecular flexibility index (Phi) is 6.50. The number of amides is 3. The highest BCUT2D eigenvalue weighted by atomic mass is 16.2. The Morgan fingerprint density at radius 1 is 1.19 bits per heavy atom. The Hall–Kier alpha value is -2.96. The van der Waals surface area contributed by atoms with Gasteiger partial charge in [-0.2, -0.15) is 0 Å². The van der Waals surface area contributed by atoms with E-state index in [9.17, 15) is 9.59 Å². The molecule has 0 saturated carbocycles. The molecule has 1 atom stereocenters. The van der Waals surface area contributed by atoms with Crippen molar-refractivity contribution in [2.45, 2.75) is 52.6 Å². The number of hydrogen-bond acceptors (Lipinski definition) is 4. The topological polar surface area (TPSA) is 96.0 Å². The van der Waals surface area contributed by atoms with Crippen LogP contribution in [0.15, 0.2) is 36.8 Å². The number of hydrogen-bond donors (Lipinski definition) is 3. The van der Waals surface area contributed by atoms with Gasteiger partial charge in [-0.1, -0.05) is 6.07 Å². The van der Waals surface area contributed by atoms with Gasteiger partial charge in [0.2, 0.25) is 0 Å². The van der Waals surface area contributed by atoms with E-state index in [0.29, 0.717) is 17.7 Å². The van der Waals surface area contributed by atoms with Crippen molar-refractivity contribution in [2.75, 3.05) is 5.32 Å². The molecule has 0 radical (unpaired) electrons. The van der Waals surface area contributed by atoms with E-state index in [1.165, 1.54) is 0 Å². The standard InChI is InChI=1S/C20H27N5O2/c1-13(11-15-12-21-9-10-22-15)23-19(27)24-17-8-6-7-16(14(17)2)18(26)25-20(3,4)5/h6-10,12-13H,11H2,1-5H3,(H,25,26)(H2,23,24,27)/t13-/m0/s1. The van der Waals surface area contributed by atoms with E-state index < -0.39 is 0 Å². The molecule has 0 aliphatic carbocycles. The zero-order chi connectivity index (χ0) is 20.0. The minimum Gasteiger partial charge on any atom is -0.347 e. The van der Waals surface area contributed by atoms with Crippen LogP contribution in [0.1, 0.15) is 49.3 Å². The monoisotopic (exact) mass is 369 g/mol. The van der Waals surface area contributed by atoms with Crippen LogP contribution >= 0.6 is 0 Å². The highest BCUT2D eigenvalue weighted by Gasteiger charge is 2.18. The molecule has 144 valence electrons. The van der Waals surface area contributed by atoms with E-state index in [4.69, 9.17) is 0 Å². The van der Waals surface area contributed by atoms with Crippen molar-refractivity contribution in [3.05, 3.63) is 53.6 Å². The van der Waals surface area contributed by atoms with Crippen LogP contribution in [0.2, 0.25) is 0 Å². The van der Waals surface area contributed by atoms with Crippen LogP contribution in [-0.2, 0) is 6.42 Å². The maximum Gasteiger partial charge on any atom is 0.319 e. The van der Waals surface area contributed by atoms with Crippen LogP contribution < -0.4 is 16.0 Å². The first-order valence-electron chi connectivity index (χ1n) is 8.90. The minimum absolute atomic E-state index is 0.116. The molecule has 0 spiro atoms. The molecular formula is C20H27N5O2. The molecule has 0 aliphatic heterocycles. The summed E-state index contributed by atoms with van der Waals surface area (Å²) in [5.41, 5.74) is 2.33. The number of aromatic nitrogens is 2. The zero-order valence-electron chi connectivity index (χ0n) is 16.5. The summed E-state index contributed by atoms with van der Waals surface area (Å²) in [6, 6.07) is 4.83. The SMILES string of the molecule is Cc1c(NC(=O)N[C@@H](C)Cc2cnccn2)cccc1C(=O)NC(C)(C)C. The smallest absolute Gasteiger partial charge is 0.319 e. The number of benzene rings is 1. The van der Waals surface area contributed by atoms with Crippen LogP contribution in [0, 0.1) is 6.92 Å². The van der Waals surface area contributed by atoms with E-state index in [1.807, 2.05) is 34.6 Å². The summed E-state index contributed by atoms with van der Waals surface area (Å²) in [6.45, 7) is 9.49. The minimum atomic E-state index is -0.333. The van der Waals surface area contributed by atoms with Crippen molar-refractivity contribution in [3.63, 3.8) is 0 Å². The first kappa shape index (κ1) is 20.4. The van der Waals surface area contributed by atoms with Gasteiger partial charge in [0.15, 0.2) is 0 Å². The van der Waals surface area contributed by atoms with E-state index >= 15 is 0 Å². The molecule has 0 unspecified atom stereocenters. The third-order valence-electron chi connectivity index (χ3n) is 3.82. The summed E-state index contributed by atoms with van der Waals surface area (Å²) in [4.78, 5) is 33.0. The maximum absolute atomic E-state index is 12.4. The molecule has 0 bridgehead atoms. The van der Waals surface area contributed by atoms with Crippen molar-refractivity contribution < 1.29 is 9.59 Å². The van der Waals surface area contributed by atoms with Crippen molar-refractivity contribution in [2.24, 2.45) is 0 Å². The molecule has 3 amide bonds. The number of anilines is 1. The van der Waals surface area contributed by atoms with Gasteiger partial charge in [0.25, 0.3) is 5.91 Å². The van der Waals surface area contributed by atoms with Crippen molar-refractivity contribution in [1.29, 1.82) is 0 Å². The average Bonchev–Trinajstić information content (AvgIpc) is 2.55. The predicted molar refractivity (Wildman–Crippen MR) is 106 cm³/mol. The molecule has 1 aromatic heterocycles. The number of carbonyl (C=O) groups is 2. The third-order valence-corrected chi connectivity index (χ3v) is 3.82. The van der Waals surface area contributed by atoms with E-state index in [2.05, 4.69) is 25.9 Å². The molecule has 7 nitrogen and oxygen atoms in total. The Morgan fingerprint density at radius 3 is 2.56 bits per heavy atom. The zero-order valence-corrected chi connectivity index (χ0v) is 16.5. The highest BCUT2D eigenvalue weighted by Crippen LogP contribution is 2.19. The molecule has 0 fully saturated rings. The second-order valence-corrected chi connectivity index (χ2v) is 7.58. The Bertz CT molecular complexity index is 800. The molecule has 2 rings (SSSR count).